The number of phenolic OH excluding ortho intramolecular Hbond substituents is 1. The van der Waals surface area contributed by atoms with Crippen LogP contribution in [0.1, 0.15) is 24.0 Å². The molecule has 2 aromatic carbocycles. The molecular formula is C18H16ClNO4. The zero-order valence-corrected chi connectivity index (χ0v) is 13.7. The van der Waals surface area contributed by atoms with Gasteiger partial charge >= 0.3 is 5.97 Å². The molecule has 1 aliphatic heterocycles. The fourth-order valence-electron chi connectivity index (χ4n) is 2.78. The number of ether oxygens (including phenoxy) is 2. The number of fused-ring (bicyclic) bond motifs is 1. The molecule has 0 spiro atoms. The molecule has 0 unspecified atom stereocenters. The molecule has 6 heteroatoms. The zero-order chi connectivity index (χ0) is 17.3. The smallest absolute Gasteiger partial charge is 0.340 e. The van der Waals surface area contributed by atoms with Crippen LogP contribution in [0.3, 0.4) is 0 Å². The topological polar surface area (TPSA) is 81.8 Å². The Hall–Kier alpha value is -2.66. The zero-order valence-electron chi connectivity index (χ0n) is 13.0. The molecule has 1 heterocycles. The van der Waals surface area contributed by atoms with Crippen LogP contribution < -0.4 is 10.5 Å². The van der Waals surface area contributed by atoms with Crippen LogP contribution in [0, 0.1) is 0 Å². The SMILES string of the molecule is CCOC(=O)C1=C(N)Oc2cc(O)ccc2[C@@H]1c1ccccc1Cl. The molecule has 0 fully saturated rings. The van der Waals surface area contributed by atoms with Gasteiger partial charge in [-0.1, -0.05) is 35.9 Å². The highest BCUT2D eigenvalue weighted by atomic mass is 35.5. The van der Waals surface area contributed by atoms with Crippen molar-refractivity contribution in [2.75, 3.05) is 6.61 Å². The number of nitrogens with two attached hydrogens (primary N) is 1. The van der Waals surface area contributed by atoms with Crippen LogP contribution in [0.4, 0.5) is 0 Å². The van der Waals surface area contributed by atoms with Crippen LogP contribution in [-0.4, -0.2) is 17.7 Å². The van der Waals surface area contributed by atoms with Crippen molar-refractivity contribution < 1.29 is 19.4 Å². The van der Waals surface area contributed by atoms with Crippen molar-refractivity contribution in [3.8, 4) is 11.5 Å². The molecule has 5 nitrogen and oxygen atoms in total. The Morgan fingerprint density at radius 1 is 1.29 bits per heavy atom. The van der Waals surface area contributed by atoms with Gasteiger partial charge in [-0.15, -0.1) is 0 Å². The molecule has 1 aliphatic rings. The normalized spacial score (nSPS) is 16.3. The molecule has 0 radical (unpaired) electrons. The van der Waals surface area contributed by atoms with Gasteiger partial charge in [0.1, 0.15) is 17.1 Å². The van der Waals surface area contributed by atoms with E-state index in [9.17, 15) is 9.90 Å². The van der Waals surface area contributed by atoms with Crippen molar-refractivity contribution in [2.24, 2.45) is 5.73 Å². The quantitative estimate of drug-likeness (QED) is 0.834. The molecule has 0 saturated carbocycles. The fraction of sp³-hybridized carbons (Fsp3) is 0.167. The largest absolute Gasteiger partial charge is 0.508 e. The van der Waals surface area contributed by atoms with Gasteiger partial charge in [0, 0.05) is 16.7 Å². The first-order chi connectivity index (χ1) is 11.5. The van der Waals surface area contributed by atoms with Crippen molar-refractivity contribution in [1.29, 1.82) is 0 Å². The van der Waals surface area contributed by atoms with E-state index in [4.69, 9.17) is 26.8 Å². The molecule has 0 aliphatic carbocycles. The molecule has 2 aromatic rings. The Balaban J connectivity index is 2.23. The van der Waals surface area contributed by atoms with Crippen LogP contribution in [0.5, 0.6) is 11.5 Å². The summed E-state index contributed by atoms with van der Waals surface area (Å²) in [6.45, 7) is 1.93. The predicted octanol–water partition coefficient (Wildman–Crippen LogP) is 3.30. The number of aromatic hydroxyl groups is 1. The molecule has 124 valence electrons. The minimum absolute atomic E-state index is 0.0408. The average molecular weight is 346 g/mol. The van der Waals surface area contributed by atoms with Crippen molar-refractivity contribution >= 4 is 17.6 Å². The Kier molecular flexibility index (Phi) is 4.36. The Morgan fingerprint density at radius 2 is 2.04 bits per heavy atom. The third-order valence-corrected chi connectivity index (χ3v) is 4.14. The second-order valence-electron chi connectivity index (χ2n) is 5.28. The number of hydrogen-bond donors (Lipinski definition) is 2. The van der Waals surface area contributed by atoms with Crippen molar-refractivity contribution in [3.05, 3.63) is 70.1 Å². The summed E-state index contributed by atoms with van der Waals surface area (Å²) in [6.07, 6.45) is 0. The van der Waals surface area contributed by atoms with Crippen LogP contribution in [0.2, 0.25) is 5.02 Å². The Bertz CT molecular complexity index is 832. The lowest BCUT2D eigenvalue weighted by molar-refractivity contribution is -0.139. The van der Waals surface area contributed by atoms with Gasteiger partial charge in [0.15, 0.2) is 0 Å². The number of hydrogen-bond acceptors (Lipinski definition) is 5. The minimum Gasteiger partial charge on any atom is -0.508 e. The number of carbonyl (C=O) groups excluding carboxylic acids is 1. The maximum absolute atomic E-state index is 12.4. The van der Waals surface area contributed by atoms with Gasteiger partial charge in [-0.25, -0.2) is 4.79 Å². The summed E-state index contributed by atoms with van der Waals surface area (Å²) in [5, 5.41) is 10.2. The van der Waals surface area contributed by atoms with Gasteiger partial charge in [0.25, 0.3) is 0 Å². The van der Waals surface area contributed by atoms with E-state index in [1.165, 1.54) is 12.1 Å². The lowest BCUT2D eigenvalue weighted by Crippen LogP contribution is -2.27. The minimum atomic E-state index is -0.557. The average Bonchev–Trinajstić information content (AvgIpc) is 2.54. The highest BCUT2D eigenvalue weighted by Gasteiger charge is 2.36. The summed E-state index contributed by atoms with van der Waals surface area (Å²) in [4.78, 5) is 12.4. The molecule has 3 N–H and O–H groups in total. The summed E-state index contributed by atoms with van der Waals surface area (Å²) >= 11 is 6.34. The van der Waals surface area contributed by atoms with Crippen LogP contribution >= 0.6 is 11.6 Å². The van der Waals surface area contributed by atoms with E-state index in [0.717, 1.165) is 0 Å². The number of halogens is 1. The Morgan fingerprint density at radius 3 is 2.75 bits per heavy atom. The van der Waals surface area contributed by atoms with E-state index in [1.807, 2.05) is 12.1 Å². The third kappa shape index (κ3) is 2.78. The number of phenols is 1. The molecule has 0 saturated heterocycles. The number of rotatable bonds is 3. The van der Waals surface area contributed by atoms with E-state index in [-0.39, 0.29) is 23.8 Å². The lowest BCUT2D eigenvalue weighted by atomic mass is 9.83. The molecule has 0 aromatic heterocycles. The van der Waals surface area contributed by atoms with Crippen LogP contribution in [-0.2, 0) is 9.53 Å². The standard InChI is InChI=1S/C18H16ClNO4/c1-2-23-18(22)16-15(11-5-3-4-6-13(11)19)12-8-7-10(21)9-14(12)24-17(16)20/h3-9,15,21H,2,20H2,1H3/t15-/m0/s1. The molecular weight excluding hydrogens is 330 g/mol. The summed E-state index contributed by atoms with van der Waals surface area (Å²) in [6, 6.07) is 11.9. The van der Waals surface area contributed by atoms with Crippen molar-refractivity contribution in [2.45, 2.75) is 12.8 Å². The second kappa shape index (κ2) is 6.45. The highest BCUT2D eigenvalue weighted by molar-refractivity contribution is 6.31. The lowest BCUT2D eigenvalue weighted by Gasteiger charge is -2.29. The third-order valence-electron chi connectivity index (χ3n) is 3.79. The van der Waals surface area contributed by atoms with Crippen LogP contribution in [0.15, 0.2) is 53.9 Å². The van der Waals surface area contributed by atoms with Crippen LogP contribution in [0.25, 0.3) is 0 Å². The number of carbonyl (C=O) groups is 1. The van der Waals surface area contributed by atoms with E-state index >= 15 is 0 Å². The van der Waals surface area contributed by atoms with Crippen molar-refractivity contribution in [3.63, 3.8) is 0 Å². The maximum Gasteiger partial charge on any atom is 0.340 e. The van der Waals surface area contributed by atoms with E-state index in [2.05, 4.69) is 0 Å². The molecule has 0 bridgehead atoms. The summed E-state index contributed by atoms with van der Waals surface area (Å²) < 4.78 is 10.7. The summed E-state index contributed by atoms with van der Waals surface area (Å²) in [5.74, 6) is -0.735. The first-order valence-electron chi connectivity index (χ1n) is 7.44. The van der Waals surface area contributed by atoms with Gasteiger partial charge in [0.2, 0.25) is 5.88 Å². The van der Waals surface area contributed by atoms with Crippen molar-refractivity contribution in [1.82, 2.24) is 0 Å². The molecule has 0 amide bonds. The summed E-state index contributed by atoms with van der Waals surface area (Å²) in [7, 11) is 0. The molecule has 3 rings (SSSR count). The first-order valence-corrected chi connectivity index (χ1v) is 7.82. The van der Waals surface area contributed by atoms with Gasteiger partial charge < -0.3 is 20.3 Å². The predicted molar refractivity (Wildman–Crippen MR) is 89.9 cm³/mol. The number of benzene rings is 2. The van der Waals surface area contributed by atoms with Gasteiger partial charge in [-0.2, -0.15) is 0 Å². The molecule has 1 atom stereocenters. The highest BCUT2D eigenvalue weighted by Crippen LogP contribution is 2.45. The first kappa shape index (κ1) is 16.2. The van der Waals surface area contributed by atoms with Gasteiger partial charge in [0.05, 0.1) is 12.5 Å². The van der Waals surface area contributed by atoms with Gasteiger partial charge in [-0.3, -0.25) is 0 Å². The monoisotopic (exact) mass is 345 g/mol. The number of esters is 1. The molecule has 24 heavy (non-hydrogen) atoms. The summed E-state index contributed by atoms with van der Waals surface area (Å²) in [5.41, 5.74) is 7.57. The second-order valence-corrected chi connectivity index (χ2v) is 5.68. The fourth-order valence-corrected chi connectivity index (χ4v) is 3.03. The van der Waals surface area contributed by atoms with E-state index < -0.39 is 11.9 Å². The maximum atomic E-state index is 12.4. The van der Waals surface area contributed by atoms with Gasteiger partial charge in [-0.05, 0) is 24.6 Å². The Labute approximate surface area is 144 Å². The van der Waals surface area contributed by atoms with E-state index in [1.54, 1.807) is 25.1 Å². The van der Waals surface area contributed by atoms with E-state index in [0.29, 0.717) is 21.9 Å².